The summed E-state index contributed by atoms with van der Waals surface area (Å²) in [5.74, 6) is 2.76. The number of halogens is 1. The summed E-state index contributed by atoms with van der Waals surface area (Å²) in [6, 6.07) is 6.69. The average Bonchev–Trinajstić information content (AvgIpc) is 3.08. The van der Waals surface area contributed by atoms with Crippen LogP contribution >= 0.6 is 22.9 Å². The fraction of sp³-hybridized carbons (Fsp3) is 0.294. The Kier molecular flexibility index (Phi) is 6.39. The predicted octanol–water partition coefficient (Wildman–Crippen LogP) is 2.21. The van der Waals surface area contributed by atoms with E-state index in [-0.39, 0.29) is 6.54 Å². The number of benzene rings is 1. The number of amides is 2. The largest absolute Gasteiger partial charge is 0.394 e. The van der Waals surface area contributed by atoms with Gasteiger partial charge in [0, 0.05) is 16.9 Å². The lowest BCUT2D eigenvalue weighted by atomic mass is 9.81. The first-order valence-electron chi connectivity index (χ1n) is 7.42. The van der Waals surface area contributed by atoms with Crippen LogP contribution in [0.2, 0.25) is 5.02 Å². The van der Waals surface area contributed by atoms with Crippen molar-refractivity contribution in [2.45, 2.75) is 18.4 Å². The maximum absolute atomic E-state index is 11.8. The second-order valence-corrected chi connectivity index (χ2v) is 6.78. The van der Waals surface area contributed by atoms with Gasteiger partial charge in [0.15, 0.2) is 5.13 Å². The highest BCUT2D eigenvalue weighted by molar-refractivity contribution is 7.14. The Hall–Kier alpha value is -2.11. The van der Waals surface area contributed by atoms with Gasteiger partial charge in [-0.3, -0.25) is 5.32 Å². The highest BCUT2D eigenvalue weighted by Gasteiger charge is 2.29. The van der Waals surface area contributed by atoms with E-state index in [0.29, 0.717) is 15.8 Å². The summed E-state index contributed by atoms with van der Waals surface area (Å²) in [4.78, 5) is 16.2. The Balaban J connectivity index is 2.12. The Morgan fingerprint density at radius 2 is 2.16 bits per heavy atom. The number of thiazole rings is 1. The van der Waals surface area contributed by atoms with Gasteiger partial charge in [-0.25, -0.2) is 9.78 Å². The van der Waals surface area contributed by atoms with Gasteiger partial charge in [-0.15, -0.1) is 17.8 Å². The minimum Gasteiger partial charge on any atom is -0.394 e. The molecule has 6 nitrogen and oxygen atoms in total. The molecular formula is C17H18ClN3O3S. The molecule has 0 spiro atoms. The standard InChI is InChI=1S/C17H18ClN3O3S/c1-3-17(2,11-4-6-12(18)7-5-11)14-10-25-16(20-14)21-15(24)19-8-13(23)9-22/h1,4-7,10,13,22-23H,8-9H2,2H3,(H2,19,20,21,24)/t13-,17+/m0/s1. The summed E-state index contributed by atoms with van der Waals surface area (Å²) in [6.07, 6.45) is 4.74. The molecule has 0 bridgehead atoms. The van der Waals surface area contributed by atoms with Gasteiger partial charge < -0.3 is 15.5 Å². The molecule has 25 heavy (non-hydrogen) atoms. The first-order chi connectivity index (χ1) is 11.9. The zero-order valence-electron chi connectivity index (χ0n) is 13.5. The minimum atomic E-state index is -1.01. The lowest BCUT2D eigenvalue weighted by molar-refractivity contribution is 0.0965. The van der Waals surface area contributed by atoms with Gasteiger partial charge in [0.1, 0.15) is 0 Å². The van der Waals surface area contributed by atoms with E-state index in [4.69, 9.17) is 23.1 Å². The summed E-state index contributed by atoms with van der Waals surface area (Å²) in [6.45, 7) is 1.38. The fourth-order valence-corrected chi connectivity index (χ4v) is 3.01. The molecule has 0 saturated carbocycles. The van der Waals surface area contributed by atoms with E-state index in [1.807, 2.05) is 19.1 Å². The number of urea groups is 1. The van der Waals surface area contributed by atoms with Gasteiger partial charge in [-0.1, -0.05) is 29.7 Å². The molecule has 132 valence electrons. The number of carbonyl (C=O) groups is 1. The smallest absolute Gasteiger partial charge is 0.321 e. The first-order valence-corrected chi connectivity index (χ1v) is 8.68. The third kappa shape index (κ3) is 4.71. The van der Waals surface area contributed by atoms with Gasteiger partial charge in [-0.05, 0) is 24.6 Å². The van der Waals surface area contributed by atoms with Gasteiger partial charge in [0.2, 0.25) is 0 Å². The highest BCUT2D eigenvalue weighted by Crippen LogP contribution is 2.33. The van der Waals surface area contributed by atoms with E-state index in [0.717, 1.165) is 5.56 Å². The number of hydrogen-bond acceptors (Lipinski definition) is 5. The van der Waals surface area contributed by atoms with Crippen LogP contribution in [0.4, 0.5) is 9.93 Å². The van der Waals surface area contributed by atoms with Gasteiger partial charge >= 0.3 is 6.03 Å². The molecule has 0 aliphatic rings. The molecular weight excluding hydrogens is 362 g/mol. The van der Waals surface area contributed by atoms with Gasteiger partial charge in [0.05, 0.1) is 23.8 Å². The second-order valence-electron chi connectivity index (χ2n) is 5.49. The molecule has 1 aromatic carbocycles. The summed E-state index contributed by atoms with van der Waals surface area (Å²) in [5, 5.41) is 25.7. The number of hydrogen-bond donors (Lipinski definition) is 4. The summed E-state index contributed by atoms with van der Waals surface area (Å²) in [5.41, 5.74) is 0.740. The lowest BCUT2D eigenvalue weighted by Crippen LogP contribution is -2.36. The maximum atomic E-state index is 11.8. The number of nitrogens with one attached hydrogen (secondary N) is 2. The minimum absolute atomic E-state index is 0.0621. The molecule has 1 heterocycles. The van der Waals surface area contributed by atoms with Crippen molar-refractivity contribution in [3.8, 4) is 12.3 Å². The number of nitrogens with zero attached hydrogens (tertiary/aromatic N) is 1. The molecule has 2 rings (SSSR count). The van der Waals surface area contributed by atoms with Crippen LogP contribution in [0.5, 0.6) is 0 Å². The number of terminal acetylenes is 1. The SMILES string of the molecule is C#C[C@](C)(c1ccc(Cl)cc1)c1csc(NC(=O)NC[C@H](O)CO)n1. The van der Waals surface area contributed by atoms with E-state index >= 15 is 0 Å². The van der Waals surface area contributed by atoms with Crippen molar-refractivity contribution in [1.29, 1.82) is 0 Å². The Labute approximate surface area is 154 Å². The molecule has 0 radical (unpaired) electrons. The normalized spacial score (nSPS) is 14.2. The zero-order chi connectivity index (χ0) is 18.4. The summed E-state index contributed by atoms with van der Waals surface area (Å²) >= 11 is 7.16. The third-order valence-electron chi connectivity index (χ3n) is 3.66. The van der Waals surface area contributed by atoms with E-state index < -0.39 is 24.2 Å². The first kappa shape index (κ1) is 19.2. The number of aromatic nitrogens is 1. The van der Waals surface area contributed by atoms with Crippen LogP contribution in [-0.4, -0.2) is 40.5 Å². The number of anilines is 1. The maximum Gasteiger partial charge on any atom is 0.321 e. The summed E-state index contributed by atoms with van der Waals surface area (Å²) < 4.78 is 0. The van der Waals surface area contributed by atoms with Crippen LogP contribution in [0.3, 0.4) is 0 Å². The quantitative estimate of drug-likeness (QED) is 0.579. The predicted molar refractivity (Wildman–Crippen MR) is 99.0 cm³/mol. The van der Waals surface area contributed by atoms with Gasteiger partial charge in [-0.2, -0.15) is 0 Å². The van der Waals surface area contributed by atoms with Crippen molar-refractivity contribution >= 4 is 34.1 Å². The molecule has 0 aliphatic carbocycles. The van der Waals surface area contributed by atoms with E-state index in [1.165, 1.54) is 11.3 Å². The lowest BCUT2D eigenvalue weighted by Gasteiger charge is -2.22. The Morgan fingerprint density at radius 1 is 1.48 bits per heavy atom. The molecule has 2 aromatic rings. The topological polar surface area (TPSA) is 94.5 Å². The molecule has 0 aliphatic heterocycles. The number of aliphatic hydroxyl groups excluding tert-OH is 2. The van der Waals surface area contributed by atoms with Crippen molar-refractivity contribution in [2.24, 2.45) is 0 Å². The molecule has 8 heteroatoms. The average molecular weight is 380 g/mol. The Bertz CT molecular complexity index is 772. The second kappa shape index (κ2) is 8.32. The van der Waals surface area contributed by atoms with E-state index in [2.05, 4.69) is 21.5 Å². The highest BCUT2D eigenvalue weighted by atomic mass is 35.5. The van der Waals surface area contributed by atoms with Crippen molar-refractivity contribution in [1.82, 2.24) is 10.3 Å². The fourth-order valence-electron chi connectivity index (χ4n) is 2.07. The van der Waals surface area contributed by atoms with E-state index in [1.54, 1.807) is 17.5 Å². The zero-order valence-corrected chi connectivity index (χ0v) is 15.1. The van der Waals surface area contributed by atoms with Crippen LogP contribution in [0, 0.1) is 12.3 Å². The molecule has 0 fully saturated rings. The molecule has 2 amide bonds. The third-order valence-corrected chi connectivity index (χ3v) is 4.67. The van der Waals surface area contributed by atoms with Crippen molar-refractivity contribution in [3.05, 3.63) is 45.9 Å². The monoisotopic (exact) mass is 379 g/mol. The molecule has 4 N–H and O–H groups in total. The number of rotatable bonds is 6. The Morgan fingerprint density at radius 3 is 2.76 bits per heavy atom. The van der Waals surface area contributed by atoms with Crippen LogP contribution in [0.25, 0.3) is 0 Å². The van der Waals surface area contributed by atoms with Crippen LogP contribution in [-0.2, 0) is 5.41 Å². The van der Waals surface area contributed by atoms with Gasteiger partial charge in [0.25, 0.3) is 0 Å². The van der Waals surface area contributed by atoms with Crippen LogP contribution in [0.1, 0.15) is 18.2 Å². The van der Waals surface area contributed by atoms with E-state index in [9.17, 15) is 9.90 Å². The van der Waals surface area contributed by atoms with Crippen LogP contribution < -0.4 is 10.6 Å². The van der Waals surface area contributed by atoms with Crippen molar-refractivity contribution < 1.29 is 15.0 Å². The molecule has 0 unspecified atom stereocenters. The number of aliphatic hydroxyl groups is 2. The molecule has 1 aromatic heterocycles. The van der Waals surface area contributed by atoms with Crippen molar-refractivity contribution in [2.75, 3.05) is 18.5 Å². The summed E-state index contributed by atoms with van der Waals surface area (Å²) in [7, 11) is 0. The molecule has 2 atom stereocenters. The van der Waals surface area contributed by atoms with Crippen LogP contribution in [0.15, 0.2) is 29.6 Å². The molecule has 0 saturated heterocycles. The van der Waals surface area contributed by atoms with Crippen molar-refractivity contribution in [3.63, 3.8) is 0 Å². The number of carbonyl (C=O) groups excluding carboxylic acids is 1.